The predicted octanol–water partition coefficient (Wildman–Crippen LogP) is 3.42. The molecule has 1 aliphatic rings. The lowest BCUT2D eigenvalue weighted by atomic mass is 10.1. The maximum Gasteiger partial charge on any atom is 0.361 e. The van der Waals surface area contributed by atoms with Gasteiger partial charge in [-0.15, -0.1) is 0 Å². The van der Waals surface area contributed by atoms with Crippen molar-refractivity contribution in [1.29, 1.82) is 0 Å². The fraction of sp³-hybridized carbons (Fsp3) is 0.500. The summed E-state index contributed by atoms with van der Waals surface area (Å²) < 4.78 is 10.3. The molecule has 1 unspecified atom stereocenters. The second-order valence-corrected chi connectivity index (χ2v) is 8.51. The van der Waals surface area contributed by atoms with Gasteiger partial charge in [0.25, 0.3) is 5.71 Å². The first-order valence-electron chi connectivity index (χ1n) is 11.6. The van der Waals surface area contributed by atoms with Gasteiger partial charge >= 0.3 is 5.97 Å². The summed E-state index contributed by atoms with van der Waals surface area (Å²) in [5.41, 5.74) is 2.99. The van der Waals surface area contributed by atoms with Crippen molar-refractivity contribution in [2.24, 2.45) is 0 Å². The van der Waals surface area contributed by atoms with E-state index in [2.05, 4.69) is 68.4 Å². The lowest BCUT2D eigenvalue weighted by molar-refractivity contribution is 0.0517. The third-order valence-electron chi connectivity index (χ3n) is 5.91. The Morgan fingerprint density at radius 3 is 2.88 bits per heavy atom. The van der Waals surface area contributed by atoms with E-state index in [0.29, 0.717) is 29.6 Å². The number of nitrogens with zero attached hydrogens (tertiary/aromatic N) is 5. The summed E-state index contributed by atoms with van der Waals surface area (Å²) in [6, 6.07) is 9.18. The van der Waals surface area contributed by atoms with Crippen LogP contribution in [-0.4, -0.2) is 71.4 Å². The van der Waals surface area contributed by atoms with E-state index in [1.54, 1.807) is 13.8 Å². The number of carbonyl (C=O) groups is 1. The number of fused-ring (bicyclic) bond motifs is 1. The predicted molar refractivity (Wildman–Crippen MR) is 128 cm³/mol. The first-order valence-corrected chi connectivity index (χ1v) is 11.6. The first-order chi connectivity index (χ1) is 16.0. The highest BCUT2D eigenvalue weighted by Crippen LogP contribution is 2.25. The van der Waals surface area contributed by atoms with Gasteiger partial charge in [0.1, 0.15) is 17.0 Å². The number of hydrogen-bond acceptors (Lipinski definition) is 9. The molecule has 3 aromatic rings. The van der Waals surface area contributed by atoms with Crippen LogP contribution in [0, 0.1) is 13.8 Å². The van der Waals surface area contributed by atoms with Crippen molar-refractivity contribution < 1.29 is 14.1 Å². The lowest BCUT2D eigenvalue weighted by Gasteiger charge is -2.41. The van der Waals surface area contributed by atoms with Crippen molar-refractivity contribution >= 4 is 28.6 Å². The van der Waals surface area contributed by atoms with Crippen LogP contribution < -0.4 is 10.2 Å². The molecule has 0 bridgehead atoms. The number of aromatic nitrogens is 3. The Morgan fingerprint density at radius 1 is 1.27 bits per heavy atom. The topological polar surface area (TPSA) is 96.6 Å². The molecule has 3 heterocycles. The minimum absolute atomic E-state index is 0.107. The molecule has 4 rings (SSSR count). The smallest absolute Gasteiger partial charge is 0.361 e. The van der Waals surface area contributed by atoms with Gasteiger partial charge in [0.05, 0.1) is 6.61 Å². The summed E-state index contributed by atoms with van der Waals surface area (Å²) >= 11 is 0. The second-order valence-electron chi connectivity index (χ2n) is 8.51. The Balaban J connectivity index is 1.33. The zero-order valence-corrected chi connectivity index (χ0v) is 19.8. The minimum atomic E-state index is -0.535. The summed E-state index contributed by atoms with van der Waals surface area (Å²) in [6.07, 6.45) is 0.946. The normalized spacial score (nSPS) is 16.8. The zero-order chi connectivity index (χ0) is 23.4. The van der Waals surface area contributed by atoms with Gasteiger partial charge in [0.15, 0.2) is 0 Å². The molecule has 1 N–H and O–H groups in total. The number of hydrogen-bond donors (Lipinski definition) is 1. The molecule has 33 heavy (non-hydrogen) atoms. The third kappa shape index (κ3) is 5.24. The standard InChI is InChI=1S/C24H32N6O3/c1-5-32-24(31)21-20-22(26-18(4)27-23(20)33-28-21)25-10-7-11-29-12-13-30(17(3)15-29)19-9-6-8-16(2)14-19/h6,8-9,14,17H,5,7,10-13,15H2,1-4H3,(H,25,26,27). The molecule has 1 fully saturated rings. The van der Waals surface area contributed by atoms with E-state index in [1.165, 1.54) is 11.3 Å². The Kier molecular flexibility index (Phi) is 7.08. The minimum Gasteiger partial charge on any atom is -0.461 e. The van der Waals surface area contributed by atoms with Crippen LogP contribution in [-0.2, 0) is 4.74 Å². The van der Waals surface area contributed by atoms with E-state index in [-0.39, 0.29) is 18.0 Å². The molecule has 0 saturated carbocycles. The zero-order valence-electron chi connectivity index (χ0n) is 19.8. The van der Waals surface area contributed by atoms with Crippen LogP contribution in [0.3, 0.4) is 0 Å². The molecule has 1 aromatic carbocycles. The monoisotopic (exact) mass is 452 g/mol. The third-order valence-corrected chi connectivity index (χ3v) is 5.91. The van der Waals surface area contributed by atoms with E-state index in [0.717, 1.165) is 32.6 Å². The van der Waals surface area contributed by atoms with Gasteiger partial charge in [-0.2, -0.15) is 4.98 Å². The van der Waals surface area contributed by atoms with E-state index in [9.17, 15) is 4.79 Å². The van der Waals surface area contributed by atoms with Crippen molar-refractivity contribution in [3.63, 3.8) is 0 Å². The van der Waals surface area contributed by atoms with Crippen molar-refractivity contribution in [2.75, 3.05) is 49.5 Å². The second kappa shape index (κ2) is 10.2. The van der Waals surface area contributed by atoms with Crippen LogP contribution in [0.5, 0.6) is 0 Å². The number of aryl methyl sites for hydroxylation is 2. The average molecular weight is 453 g/mol. The van der Waals surface area contributed by atoms with Crippen molar-refractivity contribution in [3.05, 3.63) is 41.3 Å². The molecule has 2 aromatic heterocycles. The van der Waals surface area contributed by atoms with Gasteiger partial charge in [-0.05, 0) is 58.4 Å². The SMILES string of the molecule is CCOC(=O)c1noc2nc(C)nc(NCCCN3CCN(c4cccc(C)c4)C(C)C3)c12. The average Bonchev–Trinajstić information content (AvgIpc) is 3.21. The van der Waals surface area contributed by atoms with Crippen LogP contribution >= 0.6 is 0 Å². The van der Waals surface area contributed by atoms with E-state index in [1.807, 2.05) is 0 Å². The number of esters is 1. The highest BCUT2D eigenvalue weighted by atomic mass is 16.5. The molecular formula is C24H32N6O3. The number of ether oxygens (including phenoxy) is 1. The fourth-order valence-corrected chi connectivity index (χ4v) is 4.36. The maximum absolute atomic E-state index is 12.2. The van der Waals surface area contributed by atoms with E-state index in [4.69, 9.17) is 9.26 Å². The molecule has 9 nitrogen and oxygen atoms in total. The molecule has 1 saturated heterocycles. The van der Waals surface area contributed by atoms with Crippen LogP contribution in [0.25, 0.3) is 11.1 Å². The number of nitrogens with one attached hydrogen (secondary N) is 1. The largest absolute Gasteiger partial charge is 0.461 e. The van der Waals surface area contributed by atoms with E-state index >= 15 is 0 Å². The highest BCUT2D eigenvalue weighted by molar-refractivity contribution is 6.04. The number of rotatable bonds is 8. The maximum atomic E-state index is 12.2. The van der Waals surface area contributed by atoms with Crippen LogP contribution in [0.15, 0.2) is 28.8 Å². The quantitative estimate of drug-likeness (QED) is 0.407. The molecule has 0 aliphatic carbocycles. The summed E-state index contributed by atoms with van der Waals surface area (Å²) in [6.45, 7) is 13.0. The summed E-state index contributed by atoms with van der Waals surface area (Å²) in [7, 11) is 0. The van der Waals surface area contributed by atoms with Crippen LogP contribution in [0.4, 0.5) is 11.5 Å². The van der Waals surface area contributed by atoms with Gasteiger partial charge in [0, 0.05) is 37.9 Å². The van der Waals surface area contributed by atoms with Gasteiger partial charge in [-0.1, -0.05) is 17.3 Å². The number of carbonyl (C=O) groups excluding carboxylic acids is 1. The molecular weight excluding hydrogens is 420 g/mol. The molecule has 176 valence electrons. The Hall–Kier alpha value is -3.20. The Labute approximate surface area is 194 Å². The summed E-state index contributed by atoms with van der Waals surface area (Å²) in [5.74, 6) is 0.573. The fourth-order valence-electron chi connectivity index (χ4n) is 4.36. The molecule has 1 atom stereocenters. The van der Waals surface area contributed by atoms with Crippen molar-refractivity contribution in [3.8, 4) is 0 Å². The van der Waals surface area contributed by atoms with Gasteiger partial charge in [-0.25, -0.2) is 9.78 Å². The lowest BCUT2D eigenvalue weighted by Crippen LogP contribution is -2.52. The Bertz CT molecular complexity index is 1110. The Morgan fingerprint density at radius 2 is 2.12 bits per heavy atom. The molecule has 0 radical (unpaired) electrons. The first kappa shape index (κ1) is 23.0. The van der Waals surface area contributed by atoms with Gasteiger partial charge in [-0.3, -0.25) is 4.90 Å². The number of anilines is 2. The van der Waals surface area contributed by atoms with Crippen molar-refractivity contribution in [1.82, 2.24) is 20.0 Å². The van der Waals surface area contributed by atoms with Gasteiger partial charge in [0.2, 0.25) is 5.69 Å². The number of benzene rings is 1. The number of piperazine rings is 1. The summed E-state index contributed by atoms with van der Waals surface area (Å²) in [5, 5.41) is 7.68. The molecule has 1 aliphatic heterocycles. The van der Waals surface area contributed by atoms with Crippen LogP contribution in [0.2, 0.25) is 0 Å². The van der Waals surface area contributed by atoms with Gasteiger partial charge < -0.3 is 19.5 Å². The molecule has 0 amide bonds. The van der Waals surface area contributed by atoms with Crippen molar-refractivity contribution in [2.45, 2.75) is 40.2 Å². The van der Waals surface area contributed by atoms with E-state index < -0.39 is 5.97 Å². The summed E-state index contributed by atoms with van der Waals surface area (Å²) in [4.78, 5) is 25.9. The van der Waals surface area contributed by atoms with Crippen LogP contribution in [0.1, 0.15) is 42.1 Å². The highest BCUT2D eigenvalue weighted by Gasteiger charge is 2.25. The molecule has 0 spiro atoms. The molecule has 9 heteroatoms.